The maximum absolute atomic E-state index is 10.6. The molecule has 0 atom stereocenters. The summed E-state index contributed by atoms with van der Waals surface area (Å²) in [6.07, 6.45) is 0. The van der Waals surface area contributed by atoms with Crippen molar-refractivity contribution >= 4 is 40.2 Å². The number of rotatable bonds is 1. The van der Waals surface area contributed by atoms with Gasteiger partial charge in [0.2, 0.25) is 0 Å². The van der Waals surface area contributed by atoms with Crippen LogP contribution in [-0.2, 0) is 0 Å². The lowest BCUT2D eigenvalue weighted by Gasteiger charge is -2.00. The van der Waals surface area contributed by atoms with Crippen LogP contribution < -0.4 is 0 Å². The van der Waals surface area contributed by atoms with Crippen LogP contribution in [0.15, 0.2) is 12.1 Å². The Morgan fingerprint density at radius 1 is 1.62 bits per heavy atom. The molecule has 0 aliphatic rings. The first-order valence-electron chi connectivity index (χ1n) is 3.18. The number of halogens is 2. The lowest BCUT2D eigenvalue weighted by Crippen LogP contribution is -1.98. The van der Waals surface area contributed by atoms with Crippen molar-refractivity contribution in [2.24, 2.45) is 0 Å². The normalized spacial score (nSPS) is 9.31. The van der Waals surface area contributed by atoms with Gasteiger partial charge in [0.05, 0.1) is 16.1 Å². The third-order valence-corrected chi connectivity index (χ3v) is 2.97. The van der Waals surface area contributed by atoms with Gasteiger partial charge in [0.25, 0.3) is 0 Å². The van der Waals surface area contributed by atoms with Crippen LogP contribution in [0.4, 0.5) is 0 Å². The fourth-order valence-corrected chi connectivity index (χ4v) is 1.57. The molecule has 0 saturated heterocycles. The molecule has 0 aliphatic carbocycles. The summed E-state index contributed by atoms with van der Waals surface area (Å²) < 4.78 is 0.565. The number of hydrogen-bond acceptors (Lipinski definition) is 2. The van der Waals surface area contributed by atoms with E-state index in [2.05, 4.69) is 0 Å². The van der Waals surface area contributed by atoms with Crippen molar-refractivity contribution in [3.63, 3.8) is 0 Å². The second-order valence-electron chi connectivity index (χ2n) is 2.24. The number of carboxylic acid groups (broad SMARTS) is 1. The van der Waals surface area contributed by atoms with Gasteiger partial charge in [0.1, 0.15) is 6.07 Å². The van der Waals surface area contributed by atoms with Crippen LogP contribution in [-0.4, -0.2) is 11.1 Å². The van der Waals surface area contributed by atoms with E-state index in [4.69, 9.17) is 22.0 Å². The van der Waals surface area contributed by atoms with Crippen LogP contribution in [0.3, 0.4) is 0 Å². The van der Waals surface area contributed by atoms with Gasteiger partial charge in [0, 0.05) is 3.57 Å². The van der Waals surface area contributed by atoms with Crippen molar-refractivity contribution < 1.29 is 9.90 Å². The summed E-state index contributed by atoms with van der Waals surface area (Å²) in [5.74, 6) is -1.06. The molecule has 5 heteroatoms. The van der Waals surface area contributed by atoms with Gasteiger partial charge in [-0.05, 0) is 34.7 Å². The molecule has 66 valence electrons. The van der Waals surface area contributed by atoms with E-state index in [0.29, 0.717) is 8.59 Å². The van der Waals surface area contributed by atoms with E-state index < -0.39 is 5.97 Å². The number of carbonyl (C=O) groups is 1. The summed E-state index contributed by atoms with van der Waals surface area (Å²) in [6, 6.07) is 4.51. The quantitative estimate of drug-likeness (QED) is 0.811. The molecule has 0 aliphatic heterocycles. The Morgan fingerprint density at radius 3 is 2.69 bits per heavy atom. The van der Waals surface area contributed by atoms with Crippen LogP contribution in [0, 0.1) is 14.9 Å². The maximum Gasteiger partial charge on any atom is 0.335 e. The van der Waals surface area contributed by atoms with Crippen LogP contribution in [0.25, 0.3) is 0 Å². The standard InChI is InChI=1S/C8H3ClINO2/c9-7-5(3-11)1-4(8(12)13)2-6(7)10/h1-2H,(H,12,13). The predicted octanol–water partition coefficient (Wildman–Crippen LogP) is 2.51. The van der Waals surface area contributed by atoms with E-state index in [-0.39, 0.29) is 11.1 Å². The zero-order valence-electron chi connectivity index (χ0n) is 6.21. The summed E-state index contributed by atoms with van der Waals surface area (Å²) in [5.41, 5.74) is 0.260. The van der Waals surface area contributed by atoms with Crippen molar-refractivity contribution in [3.8, 4) is 6.07 Å². The highest BCUT2D eigenvalue weighted by atomic mass is 127. The maximum atomic E-state index is 10.6. The Hall–Kier alpha value is -0.800. The largest absolute Gasteiger partial charge is 0.478 e. The average Bonchev–Trinajstić information content (AvgIpc) is 2.09. The highest BCUT2D eigenvalue weighted by molar-refractivity contribution is 14.1. The molecule has 0 fully saturated rings. The number of nitrogens with zero attached hydrogens (tertiary/aromatic N) is 1. The zero-order valence-corrected chi connectivity index (χ0v) is 9.13. The van der Waals surface area contributed by atoms with Gasteiger partial charge in [-0.15, -0.1) is 0 Å². The fourth-order valence-electron chi connectivity index (χ4n) is 0.794. The summed E-state index contributed by atoms with van der Waals surface area (Å²) in [6.45, 7) is 0. The van der Waals surface area contributed by atoms with E-state index in [1.54, 1.807) is 0 Å². The SMILES string of the molecule is N#Cc1cc(C(=O)O)cc(I)c1Cl. The number of hydrogen-bond donors (Lipinski definition) is 1. The van der Waals surface area contributed by atoms with E-state index >= 15 is 0 Å². The summed E-state index contributed by atoms with van der Waals surface area (Å²) in [4.78, 5) is 10.6. The smallest absolute Gasteiger partial charge is 0.335 e. The molecule has 0 saturated carbocycles. The monoisotopic (exact) mass is 307 g/mol. The molecule has 1 aromatic rings. The minimum atomic E-state index is -1.06. The molecule has 0 unspecified atom stereocenters. The number of aromatic carboxylic acids is 1. The van der Waals surface area contributed by atoms with E-state index in [1.165, 1.54) is 12.1 Å². The Labute approximate surface area is 93.1 Å². The van der Waals surface area contributed by atoms with Gasteiger partial charge >= 0.3 is 5.97 Å². The van der Waals surface area contributed by atoms with Crippen LogP contribution in [0.1, 0.15) is 15.9 Å². The van der Waals surface area contributed by atoms with Crippen molar-refractivity contribution in [1.29, 1.82) is 5.26 Å². The molecule has 0 aromatic heterocycles. The fraction of sp³-hybridized carbons (Fsp3) is 0. The zero-order chi connectivity index (χ0) is 10.0. The first-order valence-corrected chi connectivity index (χ1v) is 4.64. The van der Waals surface area contributed by atoms with Crippen LogP contribution in [0.5, 0.6) is 0 Å². The molecule has 1 N–H and O–H groups in total. The summed E-state index contributed by atoms with van der Waals surface area (Å²) in [5, 5.41) is 17.6. The highest BCUT2D eigenvalue weighted by Gasteiger charge is 2.10. The van der Waals surface area contributed by atoms with Crippen LogP contribution in [0.2, 0.25) is 5.02 Å². The molecule has 1 rings (SSSR count). The van der Waals surface area contributed by atoms with Crippen molar-refractivity contribution in [1.82, 2.24) is 0 Å². The van der Waals surface area contributed by atoms with Gasteiger partial charge in [0.15, 0.2) is 0 Å². The van der Waals surface area contributed by atoms with Gasteiger partial charge in [-0.3, -0.25) is 0 Å². The second kappa shape index (κ2) is 3.94. The van der Waals surface area contributed by atoms with E-state index in [9.17, 15) is 4.79 Å². The third kappa shape index (κ3) is 2.11. The molecule has 0 spiro atoms. The summed E-state index contributed by atoms with van der Waals surface area (Å²) >= 11 is 7.63. The number of benzene rings is 1. The molecule has 3 nitrogen and oxygen atoms in total. The second-order valence-corrected chi connectivity index (χ2v) is 3.78. The minimum absolute atomic E-state index is 0.0744. The highest BCUT2D eigenvalue weighted by Crippen LogP contribution is 2.24. The van der Waals surface area contributed by atoms with Gasteiger partial charge in [-0.1, -0.05) is 11.6 Å². The Bertz CT molecular complexity index is 411. The molecule has 1 aromatic carbocycles. The molecular formula is C8H3ClINO2. The predicted molar refractivity (Wildman–Crippen MR) is 55.8 cm³/mol. The van der Waals surface area contributed by atoms with Crippen molar-refractivity contribution in [2.45, 2.75) is 0 Å². The first-order chi connectivity index (χ1) is 6.06. The van der Waals surface area contributed by atoms with E-state index in [0.717, 1.165) is 0 Å². The minimum Gasteiger partial charge on any atom is -0.478 e. The molecule has 0 radical (unpaired) electrons. The van der Waals surface area contributed by atoms with Crippen molar-refractivity contribution in [3.05, 3.63) is 31.9 Å². The Balaban J connectivity index is 3.41. The Morgan fingerprint density at radius 2 is 2.23 bits per heavy atom. The van der Waals surface area contributed by atoms with Crippen LogP contribution >= 0.6 is 34.2 Å². The van der Waals surface area contributed by atoms with Gasteiger partial charge < -0.3 is 5.11 Å². The molecule has 0 amide bonds. The topological polar surface area (TPSA) is 61.1 Å². The first kappa shape index (κ1) is 10.3. The Kier molecular flexibility index (Phi) is 3.12. The van der Waals surface area contributed by atoms with Gasteiger partial charge in [-0.25, -0.2) is 4.79 Å². The van der Waals surface area contributed by atoms with E-state index in [1.807, 2.05) is 28.7 Å². The molecule has 0 bridgehead atoms. The molecule has 0 heterocycles. The number of nitriles is 1. The molecular weight excluding hydrogens is 304 g/mol. The lowest BCUT2D eigenvalue weighted by atomic mass is 10.1. The van der Waals surface area contributed by atoms with Gasteiger partial charge in [-0.2, -0.15) is 5.26 Å². The number of carboxylic acids is 1. The third-order valence-electron chi connectivity index (χ3n) is 1.40. The lowest BCUT2D eigenvalue weighted by molar-refractivity contribution is 0.0697. The van der Waals surface area contributed by atoms with Crippen molar-refractivity contribution in [2.75, 3.05) is 0 Å². The average molecular weight is 307 g/mol. The summed E-state index contributed by atoms with van der Waals surface area (Å²) in [7, 11) is 0. The molecule has 13 heavy (non-hydrogen) atoms.